The van der Waals surface area contributed by atoms with E-state index < -0.39 is 12.1 Å². The molecule has 1 unspecified atom stereocenters. The summed E-state index contributed by atoms with van der Waals surface area (Å²) in [5.74, 6) is 0.586. The minimum absolute atomic E-state index is 0.216. The molecule has 9 heteroatoms. The summed E-state index contributed by atoms with van der Waals surface area (Å²) < 4.78 is 18.3. The van der Waals surface area contributed by atoms with E-state index in [-0.39, 0.29) is 11.6 Å². The highest BCUT2D eigenvalue weighted by Gasteiger charge is 2.25. The number of hydrogen-bond donors (Lipinski definition) is 0. The average Bonchev–Trinajstić information content (AvgIpc) is 3.59. The van der Waals surface area contributed by atoms with Crippen LogP contribution >= 0.6 is 11.3 Å². The van der Waals surface area contributed by atoms with Crippen LogP contribution in [0.4, 0.5) is 0 Å². The highest BCUT2D eigenvalue weighted by atomic mass is 32.1. The SMILES string of the molecule is CC(OC(=O)c1cc(-c2ccco2)nn1-c1ccccc1)c1nnc(-c2cccs2)o1. The second kappa shape index (κ2) is 8.04. The van der Waals surface area contributed by atoms with Crippen molar-refractivity contribution in [2.45, 2.75) is 13.0 Å². The number of thiophene rings is 1. The zero-order chi connectivity index (χ0) is 21.2. The first-order valence-corrected chi connectivity index (χ1v) is 10.3. The Balaban J connectivity index is 1.43. The van der Waals surface area contributed by atoms with E-state index in [9.17, 15) is 4.79 Å². The fourth-order valence-electron chi connectivity index (χ4n) is 3.01. The van der Waals surface area contributed by atoms with Crippen LogP contribution in [0.2, 0.25) is 0 Å². The van der Waals surface area contributed by atoms with Gasteiger partial charge in [-0.25, -0.2) is 9.48 Å². The van der Waals surface area contributed by atoms with Gasteiger partial charge in [-0.1, -0.05) is 24.3 Å². The van der Waals surface area contributed by atoms with Gasteiger partial charge in [0.15, 0.2) is 17.6 Å². The number of ether oxygens (including phenoxy) is 1. The standard InChI is InChI=1S/C22H16N4O4S/c1-14(20-23-24-21(30-20)19-10-6-12-31-19)29-22(27)17-13-16(18-9-5-11-28-18)25-26(17)15-7-3-2-4-8-15/h2-14H,1H3. The van der Waals surface area contributed by atoms with E-state index in [1.807, 2.05) is 47.8 Å². The van der Waals surface area contributed by atoms with Crippen LogP contribution in [0.5, 0.6) is 0 Å². The Bertz CT molecular complexity index is 1290. The number of carbonyl (C=O) groups excluding carboxylic acids is 1. The molecule has 4 heterocycles. The smallest absolute Gasteiger partial charge is 0.357 e. The summed E-state index contributed by atoms with van der Waals surface area (Å²) in [4.78, 5) is 13.9. The molecule has 1 atom stereocenters. The normalized spacial score (nSPS) is 12.0. The van der Waals surface area contributed by atoms with Crippen LogP contribution in [0.15, 0.2) is 81.1 Å². The largest absolute Gasteiger partial charge is 0.463 e. The lowest BCUT2D eigenvalue weighted by Crippen LogP contribution is -2.14. The molecule has 0 amide bonds. The molecule has 0 spiro atoms. The molecule has 5 aromatic rings. The molecule has 4 aromatic heterocycles. The predicted molar refractivity (Wildman–Crippen MR) is 113 cm³/mol. The van der Waals surface area contributed by atoms with Gasteiger partial charge < -0.3 is 13.6 Å². The topological polar surface area (TPSA) is 96.2 Å². The van der Waals surface area contributed by atoms with Crippen LogP contribution in [-0.2, 0) is 4.74 Å². The van der Waals surface area contributed by atoms with Gasteiger partial charge >= 0.3 is 5.97 Å². The molecule has 5 rings (SSSR count). The number of furan rings is 1. The van der Waals surface area contributed by atoms with Crippen molar-refractivity contribution >= 4 is 17.3 Å². The molecule has 0 N–H and O–H groups in total. The second-order valence-corrected chi connectivity index (χ2v) is 7.56. The van der Waals surface area contributed by atoms with E-state index in [2.05, 4.69) is 15.3 Å². The number of esters is 1. The molecule has 8 nitrogen and oxygen atoms in total. The molecule has 1 aromatic carbocycles. The third kappa shape index (κ3) is 3.78. The van der Waals surface area contributed by atoms with Crippen molar-refractivity contribution < 1.29 is 18.4 Å². The third-order valence-electron chi connectivity index (χ3n) is 4.50. The Hall–Kier alpha value is -3.98. The molecule has 0 bridgehead atoms. The van der Waals surface area contributed by atoms with E-state index in [0.717, 1.165) is 10.6 Å². The van der Waals surface area contributed by atoms with E-state index >= 15 is 0 Å². The van der Waals surface area contributed by atoms with Gasteiger partial charge in [-0.05, 0) is 42.6 Å². The highest BCUT2D eigenvalue weighted by molar-refractivity contribution is 7.13. The van der Waals surface area contributed by atoms with Gasteiger partial charge in [0.05, 0.1) is 16.8 Å². The zero-order valence-corrected chi connectivity index (χ0v) is 17.2. The third-order valence-corrected chi connectivity index (χ3v) is 5.35. The Morgan fingerprint density at radius 3 is 2.71 bits per heavy atom. The molecule has 0 fully saturated rings. The minimum atomic E-state index is -0.736. The first kappa shape index (κ1) is 19.0. The molecule has 0 aliphatic heterocycles. The predicted octanol–water partition coefficient (Wildman–Crippen LogP) is 5.16. The van der Waals surface area contributed by atoms with Gasteiger partial charge in [0.25, 0.3) is 11.8 Å². The molecule has 0 aliphatic carbocycles. The number of benzene rings is 1. The quantitative estimate of drug-likeness (QED) is 0.342. The van der Waals surface area contributed by atoms with Crippen molar-refractivity contribution in [1.82, 2.24) is 20.0 Å². The number of rotatable bonds is 6. The first-order valence-electron chi connectivity index (χ1n) is 9.46. The van der Waals surface area contributed by atoms with Crippen LogP contribution < -0.4 is 0 Å². The lowest BCUT2D eigenvalue weighted by atomic mass is 10.3. The van der Waals surface area contributed by atoms with E-state index in [1.165, 1.54) is 16.0 Å². The molecular formula is C22H16N4O4S. The number of carbonyl (C=O) groups is 1. The molecule has 0 aliphatic rings. The van der Waals surface area contributed by atoms with Crippen LogP contribution in [0, 0.1) is 0 Å². The summed E-state index contributed by atoms with van der Waals surface area (Å²) in [5.41, 5.74) is 1.49. The summed E-state index contributed by atoms with van der Waals surface area (Å²) in [7, 11) is 0. The summed E-state index contributed by atoms with van der Waals surface area (Å²) in [6.07, 6.45) is 0.817. The number of hydrogen-bond acceptors (Lipinski definition) is 8. The van der Waals surface area contributed by atoms with Gasteiger partial charge in [0.2, 0.25) is 0 Å². The Morgan fingerprint density at radius 2 is 1.97 bits per heavy atom. The summed E-state index contributed by atoms with van der Waals surface area (Å²) >= 11 is 1.49. The van der Waals surface area contributed by atoms with Gasteiger partial charge in [0, 0.05) is 6.07 Å². The van der Waals surface area contributed by atoms with Crippen LogP contribution in [0.25, 0.3) is 27.9 Å². The maximum atomic E-state index is 13.0. The van der Waals surface area contributed by atoms with Crippen molar-refractivity contribution in [3.05, 3.63) is 83.9 Å². The van der Waals surface area contributed by atoms with Crippen molar-refractivity contribution in [1.29, 1.82) is 0 Å². The number of para-hydroxylation sites is 1. The number of nitrogens with zero attached hydrogens (tertiary/aromatic N) is 4. The minimum Gasteiger partial charge on any atom is -0.463 e. The van der Waals surface area contributed by atoms with E-state index in [1.54, 1.807) is 31.4 Å². The van der Waals surface area contributed by atoms with Gasteiger partial charge in [-0.15, -0.1) is 21.5 Å². The van der Waals surface area contributed by atoms with Crippen molar-refractivity contribution in [3.8, 4) is 27.9 Å². The van der Waals surface area contributed by atoms with Gasteiger partial charge in [0.1, 0.15) is 5.69 Å². The van der Waals surface area contributed by atoms with Crippen molar-refractivity contribution in [2.75, 3.05) is 0 Å². The Kier molecular flexibility index (Phi) is 4.93. The van der Waals surface area contributed by atoms with E-state index in [0.29, 0.717) is 17.3 Å². The highest BCUT2D eigenvalue weighted by Crippen LogP contribution is 2.27. The average molecular weight is 432 g/mol. The molecule has 0 saturated heterocycles. The van der Waals surface area contributed by atoms with E-state index in [4.69, 9.17) is 13.6 Å². The maximum Gasteiger partial charge on any atom is 0.357 e. The van der Waals surface area contributed by atoms with Gasteiger partial charge in [-0.2, -0.15) is 5.10 Å². The summed E-state index contributed by atoms with van der Waals surface area (Å²) in [6.45, 7) is 1.68. The molecular weight excluding hydrogens is 416 g/mol. The maximum absolute atomic E-state index is 13.0. The van der Waals surface area contributed by atoms with Crippen molar-refractivity contribution in [3.63, 3.8) is 0 Å². The molecule has 0 saturated carbocycles. The second-order valence-electron chi connectivity index (χ2n) is 6.61. The Morgan fingerprint density at radius 1 is 1.10 bits per heavy atom. The van der Waals surface area contributed by atoms with Crippen molar-refractivity contribution in [2.24, 2.45) is 0 Å². The lowest BCUT2D eigenvalue weighted by molar-refractivity contribution is 0.0269. The first-order chi connectivity index (χ1) is 15.2. The molecule has 31 heavy (non-hydrogen) atoms. The fourth-order valence-corrected chi connectivity index (χ4v) is 3.65. The molecule has 154 valence electrons. The summed E-state index contributed by atoms with van der Waals surface area (Å²) in [6, 6.07) is 18.3. The zero-order valence-electron chi connectivity index (χ0n) is 16.3. The number of aromatic nitrogens is 4. The van der Waals surface area contributed by atoms with Gasteiger partial charge in [-0.3, -0.25) is 0 Å². The van der Waals surface area contributed by atoms with Crippen LogP contribution in [0.3, 0.4) is 0 Å². The van der Waals surface area contributed by atoms with Crippen LogP contribution in [-0.4, -0.2) is 25.9 Å². The molecule has 0 radical (unpaired) electrons. The Labute approximate surface area is 180 Å². The fraction of sp³-hybridized carbons (Fsp3) is 0.0909. The monoisotopic (exact) mass is 432 g/mol. The van der Waals surface area contributed by atoms with Crippen LogP contribution in [0.1, 0.15) is 29.4 Å². The summed E-state index contributed by atoms with van der Waals surface area (Å²) in [5, 5.41) is 14.5. The lowest BCUT2D eigenvalue weighted by Gasteiger charge is -2.10.